The smallest absolute Gasteiger partial charge is 0.272 e. The van der Waals surface area contributed by atoms with Crippen LogP contribution in [0.1, 0.15) is 11.3 Å². The average Bonchev–Trinajstić information content (AvgIpc) is 3.46. The third kappa shape index (κ3) is 4.17. The Balaban J connectivity index is 1.70. The van der Waals surface area contributed by atoms with Gasteiger partial charge in [0.15, 0.2) is 5.82 Å². The van der Waals surface area contributed by atoms with Crippen LogP contribution in [0.15, 0.2) is 77.4 Å². The lowest BCUT2D eigenvalue weighted by molar-refractivity contribution is -0.124. The first kappa shape index (κ1) is 19.3. The lowest BCUT2D eigenvalue weighted by Crippen LogP contribution is -2.29. The maximum atomic E-state index is 13.3. The van der Waals surface area contributed by atoms with Gasteiger partial charge in [-0.3, -0.25) is 4.79 Å². The molecule has 4 rings (SSSR count). The van der Waals surface area contributed by atoms with E-state index >= 15 is 0 Å². The van der Waals surface area contributed by atoms with Gasteiger partial charge in [-0.1, -0.05) is 42.5 Å². The number of carbonyl (C=O) groups is 1. The summed E-state index contributed by atoms with van der Waals surface area (Å²) in [5.74, 6) is 0.271. The Morgan fingerprint density at radius 1 is 1.10 bits per heavy atom. The van der Waals surface area contributed by atoms with Crippen molar-refractivity contribution in [3.8, 4) is 11.4 Å². The summed E-state index contributed by atoms with van der Waals surface area (Å²) in [6, 6.07) is 18.8. The summed E-state index contributed by atoms with van der Waals surface area (Å²) >= 11 is 0. The highest BCUT2D eigenvalue weighted by Gasteiger charge is 2.22. The normalized spacial score (nSPS) is 11.5. The van der Waals surface area contributed by atoms with Crippen molar-refractivity contribution in [1.82, 2.24) is 25.1 Å². The Kier molecular flexibility index (Phi) is 5.47. The van der Waals surface area contributed by atoms with E-state index in [1.165, 1.54) is 28.0 Å². The van der Waals surface area contributed by atoms with E-state index in [9.17, 15) is 9.18 Å². The topological polar surface area (TPSA) is 77.0 Å². The van der Waals surface area contributed by atoms with Crippen molar-refractivity contribution in [3.05, 3.63) is 90.1 Å². The molecule has 0 aliphatic carbocycles. The van der Waals surface area contributed by atoms with E-state index in [-0.39, 0.29) is 24.0 Å². The van der Waals surface area contributed by atoms with E-state index in [0.29, 0.717) is 11.6 Å². The van der Waals surface area contributed by atoms with Gasteiger partial charge in [0, 0.05) is 25.2 Å². The molecule has 0 bridgehead atoms. The van der Waals surface area contributed by atoms with Gasteiger partial charge in [0.2, 0.25) is 0 Å². The highest BCUT2D eigenvalue weighted by atomic mass is 19.1. The number of rotatable bonds is 6. The lowest BCUT2D eigenvalue weighted by atomic mass is 10.2. The summed E-state index contributed by atoms with van der Waals surface area (Å²) in [6.07, 6.45) is 3.11. The van der Waals surface area contributed by atoms with Crippen LogP contribution in [-0.2, 0) is 11.3 Å². The molecule has 8 heteroatoms. The second kappa shape index (κ2) is 8.52. The minimum absolute atomic E-state index is 0.221. The predicted molar refractivity (Wildman–Crippen MR) is 109 cm³/mol. The van der Waals surface area contributed by atoms with E-state index in [0.717, 1.165) is 11.1 Å². The van der Waals surface area contributed by atoms with Crippen molar-refractivity contribution in [2.75, 3.05) is 7.05 Å². The van der Waals surface area contributed by atoms with Crippen LogP contribution < -0.4 is 0 Å². The Bertz CT molecular complexity index is 1150. The van der Waals surface area contributed by atoms with Gasteiger partial charge in [0.1, 0.15) is 17.3 Å². The zero-order chi connectivity index (χ0) is 20.9. The highest BCUT2D eigenvalue weighted by molar-refractivity contribution is 6.18. The number of hydrogen-bond acceptors (Lipinski definition) is 5. The van der Waals surface area contributed by atoms with Crippen molar-refractivity contribution in [1.29, 1.82) is 0 Å². The molecule has 0 radical (unpaired) electrons. The molecule has 2 heterocycles. The van der Waals surface area contributed by atoms with Crippen molar-refractivity contribution in [2.45, 2.75) is 6.54 Å². The number of furan rings is 1. The minimum atomic E-state index is -0.327. The summed E-state index contributed by atoms with van der Waals surface area (Å²) < 4.78 is 20.0. The number of hydrogen-bond donors (Lipinski definition) is 0. The maximum Gasteiger partial charge on any atom is 0.272 e. The minimum Gasteiger partial charge on any atom is -0.465 e. The van der Waals surface area contributed by atoms with Crippen LogP contribution in [0.5, 0.6) is 0 Å². The molecule has 2 aromatic carbocycles. The molecule has 150 valence electrons. The van der Waals surface area contributed by atoms with Crippen molar-refractivity contribution < 1.29 is 13.6 Å². The van der Waals surface area contributed by atoms with E-state index in [1.54, 1.807) is 37.4 Å². The van der Waals surface area contributed by atoms with Crippen molar-refractivity contribution >= 4 is 17.7 Å². The molecule has 0 fully saturated rings. The van der Waals surface area contributed by atoms with Gasteiger partial charge in [-0.2, -0.15) is 4.68 Å². The summed E-state index contributed by atoms with van der Waals surface area (Å²) in [5, 5.41) is 11.9. The molecule has 2 aromatic heterocycles. The van der Waals surface area contributed by atoms with Gasteiger partial charge in [-0.15, -0.1) is 5.10 Å². The molecule has 0 saturated heterocycles. The Morgan fingerprint density at radius 2 is 1.87 bits per heavy atom. The van der Waals surface area contributed by atoms with Crippen LogP contribution in [0.25, 0.3) is 23.2 Å². The molecular formula is C22H18FN5O2. The molecule has 1 amide bonds. The fraction of sp³-hybridized carbons (Fsp3) is 0.0909. The maximum absolute atomic E-state index is 13.3. The number of amides is 1. The van der Waals surface area contributed by atoms with Gasteiger partial charge < -0.3 is 9.32 Å². The standard InChI is InChI=1S/C22H18FN5O2/c1-27(15-16-9-11-18(23)12-10-16)22(29)20(14-19-8-5-13-30-19)28-21(24-25-26-28)17-6-3-2-4-7-17/h2-14H,15H2,1H3/b20-14+. The highest BCUT2D eigenvalue weighted by Crippen LogP contribution is 2.22. The van der Waals surface area contributed by atoms with Crippen LogP contribution in [0.3, 0.4) is 0 Å². The molecule has 0 atom stereocenters. The number of carbonyl (C=O) groups excluding carboxylic acids is 1. The van der Waals surface area contributed by atoms with Crippen molar-refractivity contribution in [2.24, 2.45) is 0 Å². The Hall–Kier alpha value is -4.07. The largest absolute Gasteiger partial charge is 0.465 e. The summed E-state index contributed by atoms with van der Waals surface area (Å²) in [4.78, 5) is 14.9. The number of tetrazole rings is 1. The van der Waals surface area contributed by atoms with Crippen LogP contribution in [0, 0.1) is 5.82 Å². The summed E-state index contributed by atoms with van der Waals surface area (Å²) in [6.45, 7) is 0.289. The first-order valence-corrected chi connectivity index (χ1v) is 9.21. The van der Waals surface area contributed by atoms with E-state index in [4.69, 9.17) is 4.42 Å². The van der Waals surface area contributed by atoms with Gasteiger partial charge in [-0.25, -0.2) is 4.39 Å². The fourth-order valence-electron chi connectivity index (χ4n) is 2.97. The Morgan fingerprint density at radius 3 is 2.57 bits per heavy atom. The molecule has 7 nitrogen and oxygen atoms in total. The van der Waals surface area contributed by atoms with Crippen molar-refractivity contribution in [3.63, 3.8) is 0 Å². The fourth-order valence-corrected chi connectivity index (χ4v) is 2.97. The molecular weight excluding hydrogens is 385 g/mol. The number of benzene rings is 2. The van der Waals surface area contributed by atoms with Gasteiger partial charge in [-0.05, 0) is 40.3 Å². The van der Waals surface area contributed by atoms with Gasteiger partial charge in [0.25, 0.3) is 5.91 Å². The van der Waals surface area contributed by atoms with E-state index < -0.39 is 0 Å². The monoisotopic (exact) mass is 403 g/mol. The number of halogens is 1. The second-order valence-corrected chi connectivity index (χ2v) is 6.61. The first-order valence-electron chi connectivity index (χ1n) is 9.21. The Labute approximate surface area is 172 Å². The molecule has 0 unspecified atom stereocenters. The molecule has 0 N–H and O–H groups in total. The molecule has 4 aromatic rings. The molecule has 0 aliphatic rings. The zero-order valence-electron chi connectivity index (χ0n) is 16.1. The van der Waals surface area contributed by atoms with Crippen LogP contribution >= 0.6 is 0 Å². The third-order valence-corrected chi connectivity index (χ3v) is 4.45. The predicted octanol–water partition coefficient (Wildman–Crippen LogP) is 3.73. The third-order valence-electron chi connectivity index (χ3n) is 4.45. The van der Waals surface area contributed by atoms with Crippen LogP contribution in [0.2, 0.25) is 0 Å². The van der Waals surface area contributed by atoms with E-state index in [1.807, 2.05) is 30.3 Å². The molecule has 0 spiro atoms. The van der Waals surface area contributed by atoms with Crippen LogP contribution in [-0.4, -0.2) is 38.1 Å². The SMILES string of the molecule is CN(Cc1ccc(F)cc1)C(=O)/C(=C\c1ccco1)n1nnnc1-c1ccccc1. The summed E-state index contributed by atoms with van der Waals surface area (Å²) in [7, 11) is 1.66. The number of likely N-dealkylation sites (N-methyl/N-ethyl adjacent to an activating group) is 1. The molecule has 0 aliphatic heterocycles. The van der Waals surface area contributed by atoms with Gasteiger partial charge in [0.05, 0.1) is 6.26 Å². The first-order chi connectivity index (χ1) is 14.6. The molecule has 0 saturated carbocycles. The number of nitrogens with zero attached hydrogens (tertiary/aromatic N) is 5. The lowest BCUT2D eigenvalue weighted by Gasteiger charge is -2.19. The van der Waals surface area contributed by atoms with E-state index in [2.05, 4.69) is 15.5 Å². The summed E-state index contributed by atoms with van der Waals surface area (Å²) in [5.41, 5.74) is 1.78. The van der Waals surface area contributed by atoms with Crippen LogP contribution in [0.4, 0.5) is 4.39 Å². The average molecular weight is 403 g/mol. The second-order valence-electron chi connectivity index (χ2n) is 6.61. The zero-order valence-corrected chi connectivity index (χ0v) is 16.1. The number of aromatic nitrogens is 4. The quantitative estimate of drug-likeness (QED) is 0.459. The molecule has 30 heavy (non-hydrogen) atoms. The van der Waals surface area contributed by atoms with Gasteiger partial charge >= 0.3 is 0 Å².